The Morgan fingerprint density at radius 3 is 2.64 bits per heavy atom. The largest absolute Gasteiger partial charge is 0.457 e. The van der Waals surface area contributed by atoms with Crippen LogP contribution in [0.4, 0.5) is 11.4 Å². The first-order chi connectivity index (χ1) is 16.0. The fraction of sp³-hybridized carbons (Fsp3) is 0.130. The average Bonchev–Trinajstić information content (AvgIpc) is 3.29. The highest BCUT2D eigenvalue weighted by molar-refractivity contribution is 8.00. The Bertz CT molecular complexity index is 1210. The van der Waals surface area contributed by atoms with E-state index in [-0.39, 0.29) is 36.3 Å². The zero-order valence-electron chi connectivity index (χ0n) is 17.2. The summed E-state index contributed by atoms with van der Waals surface area (Å²) in [7, 11) is 0. The monoisotopic (exact) mass is 466 g/mol. The number of nitro benzene ring substituents is 1. The molecule has 0 unspecified atom stereocenters. The molecule has 33 heavy (non-hydrogen) atoms. The topological polar surface area (TPSA) is 117 Å². The molecule has 0 saturated carbocycles. The normalized spacial score (nSPS) is 11.6. The number of rotatable bonds is 8. The molecule has 0 atom stereocenters. The zero-order chi connectivity index (χ0) is 23.2. The Balaban J connectivity index is 1.36. The second kappa shape index (κ2) is 10.0. The number of fused-ring (bicyclic) bond motifs is 1. The molecule has 1 N–H and O–H groups in total. The number of nitrogens with zero attached hydrogens (tertiary/aromatic N) is 1. The summed E-state index contributed by atoms with van der Waals surface area (Å²) in [6.07, 6.45) is 0. The lowest BCUT2D eigenvalue weighted by Gasteiger charge is -2.10. The Hall–Kier alpha value is -4.05. The molecule has 0 bridgehead atoms. The van der Waals surface area contributed by atoms with Gasteiger partial charge in [0.05, 0.1) is 21.8 Å². The highest BCUT2D eigenvalue weighted by Crippen LogP contribution is 2.34. The molecular weight excluding hydrogens is 448 g/mol. The second-order valence-electron chi connectivity index (χ2n) is 6.86. The van der Waals surface area contributed by atoms with Gasteiger partial charge in [-0.15, -0.1) is 11.8 Å². The third kappa shape index (κ3) is 5.42. The van der Waals surface area contributed by atoms with Crippen molar-refractivity contribution in [3.8, 4) is 11.5 Å². The number of hydrogen-bond acceptors (Lipinski definition) is 8. The van der Waals surface area contributed by atoms with Crippen LogP contribution in [0.3, 0.4) is 0 Å². The number of amides is 1. The van der Waals surface area contributed by atoms with E-state index in [0.29, 0.717) is 27.6 Å². The van der Waals surface area contributed by atoms with Gasteiger partial charge >= 0.3 is 5.97 Å². The minimum absolute atomic E-state index is 0.0584. The lowest BCUT2D eigenvalue weighted by molar-refractivity contribution is -0.385. The number of ether oxygens (including phenoxy) is 3. The van der Waals surface area contributed by atoms with E-state index in [1.165, 1.54) is 23.9 Å². The van der Waals surface area contributed by atoms with Gasteiger partial charge in [-0.3, -0.25) is 14.9 Å². The van der Waals surface area contributed by atoms with Gasteiger partial charge in [0.15, 0.2) is 11.5 Å². The van der Waals surface area contributed by atoms with Crippen LogP contribution in [0.15, 0.2) is 71.6 Å². The maximum atomic E-state index is 12.6. The van der Waals surface area contributed by atoms with E-state index in [0.717, 1.165) is 0 Å². The summed E-state index contributed by atoms with van der Waals surface area (Å²) in [4.78, 5) is 36.2. The van der Waals surface area contributed by atoms with E-state index in [9.17, 15) is 19.7 Å². The standard InChI is InChI=1S/C23H18N2O7S/c26-22(24-16-9-10-19-20(11-16)32-14-31-19)13-33-21-8-4-2-6-17(21)23(27)30-12-15-5-1-3-7-18(15)25(28)29/h1-11H,12-14H2,(H,24,26). The molecule has 1 aliphatic rings. The number of benzene rings is 3. The fourth-order valence-electron chi connectivity index (χ4n) is 3.11. The summed E-state index contributed by atoms with van der Waals surface area (Å²) < 4.78 is 15.9. The first-order valence-corrected chi connectivity index (χ1v) is 10.8. The lowest BCUT2D eigenvalue weighted by Crippen LogP contribution is -2.14. The van der Waals surface area contributed by atoms with Crippen molar-refractivity contribution in [2.45, 2.75) is 11.5 Å². The van der Waals surface area contributed by atoms with Crippen molar-refractivity contribution < 1.29 is 28.7 Å². The number of esters is 1. The fourth-order valence-corrected chi connectivity index (χ4v) is 3.95. The van der Waals surface area contributed by atoms with Crippen LogP contribution in [0.25, 0.3) is 0 Å². The van der Waals surface area contributed by atoms with E-state index in [4.69, 9.17) is 14.2 Å². The Kier molecular flexibility index (Phi) is 6.75. The maximum absolute atomic E-state index is 12.6. The Morgan fingerprint density at radius 2 is 1.79 bits per heavy atom. The van der Waals surface area contributed by atoms with E-state index in [2.05, 4.69) is 5.32 Å². The predicted molar refractivity (Wildman–Crippen MR) is 121 cm³/mol. The molecule has 0 spiro atoms. The van der Waals surface area contributed by atoms with Crippen molar-refractivity contribution in [2.24, 2.45) is 0 Å². The van der Waals surface area contributed by atoms with Crippen LogP contribution >= 0.6 is 11.8 Å². The number of thioether (sulfide) groups is 1. The van der Waals surface area contributed by atoms with Crippen LogP contribution in [0.5, 0.6) is 11.5 Å². The van der Waals surface area contributed by atoms with Gasteiger partial charge in [-0.25, -0.2) is 4.79 Å². The number of anilines is 1. The molecule has 0 radical (unpaired) electrons. The van der Waals surface area contributed by atoms with Crippen LogP contribution in [0, 0.1) is 10.1 Å². The van der Waals surface area contributed by atoms with Gasteiger partial charge in [0, 0.05) is 22.7 Å². The number of carbonyl (C=O) groups is 2. The molecule has 0 fully saturated rings. The van der Waals surface area contributed by atoms with Crippen molar-refractivity contribution >= 4 is 35.0 Å². The van der Waals surface area contributed by atoms with Gasteiger partial charge in [-0.1, -0.05) is 24.3 Å². The summed E-state index contributed by atoms with van der Waals surface area (Å²) in [5.74, 6) is 0.348. The van der Waals surface area contributed by atoms with E-state index in [1.54, 1.807) is 54.6 Å². The molecule has 4 rings (SSSR count). The SMILES string of the molecule is O=C(CSc1ccccc1C(=O)OCc1ccccc1[N+](=O)[O-])Nc1ccc2c(c1)OCO2. The third-order valence-electron chi connectivity index (χ3n) is 4.67. The molecule has 0 aliphatic carbocycles. The first-order valence-electron chi connectivity index (χ1n) is 9.82. The van der Waals surface area contributed by atoms with Gasteiger partial charge in [0.25, 0.3) is 5.69 Å². The minimum Gasteiger partial charge on any atom is -0.457 e. The lowest BCUT2D eigenvalue weighted by atomic mass is 10.2. The summed E-state index contributed by atoms with van der Waals surface area (Å²) in [6.45, 7) is -0.0906. The molecule has 1 aliphatic heterocycles. The number of nitro groups is 1. The molecule has 1 amide bonds. The van der Waals surface area contributed by atoms with Crippen molar-refractivity contribution in [2.75, 3.05) is 17.9 Å². The van der Waals surface area contributed by atoms with Crippen molar-refractivity contribution in [1.29, 1.82) is 0 Å². The van der Waals surface area contributed by atoms with Gasteiger partial charge in [-0.05, 0) is 30.3 Å². The van der Waals surface area contributed by atoms with E-state index < -0.39 is 10.9 Å². The van der Waals surface area contributed by atoms with Crippen molar-refractivity contribution in [1.82, 2.24) is 0 Å². The highest BCUT2D eigenvalue weighted by atomic mass is 32.2. The highest BCUT2D eigenvalue weighted by Gasteiger charge is 2.18. The van der Waals surface area contributed by atoms with Crippen LogP contribution in [0.2, 0.25) is 0 Å². The number of carbonyl (C=O) groups excluding carboxylic acids is 2. The van der Waals surface area contributed by atoms with Crippen LogP contribution in [-0.2, 0) is 16.1 Å². The summed E-state index contributed by atoms with van der Waals surface area (Å²) >= 11 is 1.18. The molecule has 3 aromatic carbocycles. The Morgan fingerprint density at radius 1 is 1.03 bits per heavy atom. The maximum Gasteiger partial charge on any atom is 0.339 e. The molecule has 10 heteroatoms. The van der Waals surface area contributed by atoms with Gasteiger partial charge in [0.2, 0.25) is 12.7 Å². The smallest absolute Gasteiger partial charge is 0.339 e. The van der Waals surface area contributed by atoms with E-state index >= 15 is 0 Å². The van der Waals surface area contributed by atoms with Gasteiger partial charge in [-0.2, -0.15) is 0 Å². The molecular formula is C23H18N2O7S. The minimum atomic E-state index is -0.632. The second-order valence-corrected chi connectivity index (χ2v) is 7.88. The van der Waals surface area contributed by atoms with Gasteiger partial charge in [0.1, 0.15) is 6.61 Å². The summed E-state index contributed by atoms with van der Waals surface area (Å²) in [5, 5.41) is 13.9. The predicted octanol–water partition coefficient (Wildman–Crippen LogP) is 4.41. The summed E-state index contributed by atoms with van der Waals surface area (Å²) in [6, 6.07) is 17.9. The molecule has 0 saturated heterocycles. The van der Waals surface area contributed by atoms with E-state index in [1.807, 2.05) is 0 Å². The zero-order valence-corrected chi connectivity index (χ0v) is 18.0. The van der Waals surface area contributed by atoms with Gasteiger partial charge < -0.3 is 19.5 Å². The van der Waals surface area contributed by atoms with Crippen LogP contribution in [-0.4, -0.2) is 29.3 Å². The molecule has 1 heterocycles. The average molecular weight is 466 g/mol. The molecule has 9 nitrogen and oxygen atoms in total. The molecule has 3 aromatic rings. The van der Waals surface area contributed by atoms with Crippen LogP contribution < -0.4 is 14.8 Å². The Labute approximate surface area is 192 Å². The summed E-state index contributed by atoms with van der Waals surface area (Å²) in [5.41, 5.74) is 1.02. The molecule has 168 valence electrons. The number of nitrogens with one attached hydrogen (secondary N) is 1. The van der Waals surface area contributed by atoms with Crippen LogP contribution in [0.1, 0.15) is 15.9 Å². The van der Waals surface area contributed by atoms with Crippen molar-refractivity contribution in [3.05, 3.63) is 88.0 Å². The molecule has 0 aromatic heterocycles. The van der Waals surface area contributed by atoms with Crippen molar-refractivity contribution in [3.63, 3.8) is 0 Å². The third-order valence-corrected chi connectivity index (χ3v) is 5.74. The quantitative estimate of drug-likeness (QED) is 0.225. The first kappa shape index (κ1) is 22.2. The number of para-hydroxylation sites is 1. The number of hydrogen-bond donors (Lipinski definition) is 1.